The summed E-state index contributed by atoms with van der Waals surface area (Å²) < 4.78 is 0. The molecule has 0 aliphatic rings. The second kappa shape index (κ2) is 6.80. The van der Waals surface area contributed by atoms with Crippen LogP contribution >= 0.6 is 0 Å². The molecule has 0 unspecified atom stereocenters. The van der Waals surface area contributed by atoms with Crippen LogP contribution in [-0.4, -0.2) is 13.1 Å². The van der Waals surface area contributed by atoms with E-state index in [1.165, 1.54) is 30.4 Å². The van der Waals surface area contributed by atoms with Crippen molar-refractivity contribution in [3.8, 4) is 0 Å². The maximum atomic E-state index is 3.52. The van der Waals surface area contributed by atoms with Crippen LogP contribution in [0.25, 0.3) is 0 Å². The van der Waals surface area contributed by atoms with Crippen LogP contribution in [0.3, 0.4) is 0 Å². The Hall–Kier alpha value is -0.820. The summed E-state index contributed by atoms with van der Waals surface area (Å²) in [5, 5.41) is 3.52. The lowest BCUT2D eigenvalue weighted by atomic mass is 9.86. The highest BCUT2D eigenvalue weighted by Crippen LogP contribution is 2.22. The monoisotopic (exact) mass is 233 g/mol. The molecule has 1 heteroatoms. The molecule has 1 aromatic carbocycles. The molecule has 0 heterocycles. The Kier molecular flexibility index (Phi) is 5.70. The molecule has 0 saturated carbocycles. The van der Waals surface area contributed by atoms with E-state index in [2.05, 4.69) is 57.3 Å². The van der Waals surface area contributed by atoms with Gasteiger partial charge in [-0.3, -0.25) is 0 Å². The second-order valence-electron chi connectivity index (χ2n) is 5.83. The highest BCUT2D eigenvalue weighted by molar-refractivity contribution is 5.21. The fraction of sp³-hybridized carbons (Fsp3) is 0.625. The molecule has 0 aromatic heterocycles. The van der Waals surface area contributed by atoms with E-state index in [1.54, 1.807) is 0 Å². The molecule has 0 spiro atoms. The first-order valence-corrected chi connectivity index (χ1v) is 6.80. The summed E-state index contributed by atoms with van der Waals surface area (Å²) in [6, 6.07) is 8.92. The first-order chi connectivity index (χ1) is 8.03. The number of benzene rings is 1. The Balaban J connectivity index is 2.35. The van der Waals surface area contributed by atoms with Crippen LogP contribution in [0.4, 0.5) is 0 Å². The molecule has 0 bridgehead atoms. The Morgan fingerprint density at radius 3 is 2.35 bits per heavy atom. The molecule has 96 valence electrons. The SMILES string of the molecule is CCCNCC(C)(C)CCc1ccc(C)cc1. The van der Waals surface area contributed by atoms with Gasteiger partial charge in [-0.1, -0.05) is 50.6 Å². The Morgan fingerprint density at radius 2 is 1.76 bits per heavy atom. The Bertz CT molecular complexity index is 311. The highest BCUT2D eigenvalue weighted by Gasteiger charge is 2.16. The Morgan fingerprint density at radius 1 is 1.12 bits per heavy atom. The van der Waals surface area contributed by atoms with Crippen molar-refractivity contribution in [2.75, 3.05) is 13.1 Å². The third-order valence-electron chi connectivity index (χ3n) is 3.24. The first kappa shape index (κ1) is 14.2. The molecular weight excluding hydrogens is 206 g/mol. The van der Waals surface area contributed by atoms with Crippen molar-refractivity contribution in [1.29, 1.82) is 0 Å². The lowest BCUT2D eigenvalue weighted by Gasteiger charge is -2.25. The fourth-order valence-electron chi connectivity index (χ4n) is 1.93. The van der Waals surface area contributed by atoms with E-state index in [0.29, 0.717) is 5.41 Å². The molecule has 0 radical (unpaired) electrons. The van der Waals surface area contributed by atoms with Gasteiger partial charge in [0.25, 0.3) is 0 Å². The van der Waals surface area contributed by atoms with Crippen molar-refractivity contribution in [1.82, 2.24) is 5.32 Å². The van der Waals surface area contributed by atoms with Gasteiger partial charge in [0.15, 0.2) is 0 Å². The minimum atomic E-state index is 0.389. The van der Waals surface area contributed by atoms with E-state index in [-0.39, 0.29) is 0 Å². The van der Waals surface area contributed by atoms with Crippen molar-refractivity contribution in [3.05, 3.63) is 35.4 Å². The van der Waals surface area contributed by atoms with E-state index in [0.717, 1.165) is 13.1 Å². The van der Waals surface area contributed by atoms with Gasteiger partial charge in [-0.25, -0.2) is 0 Å². The molecule has 1 rings (SSSR count). The summed E-state index contributed by atoms with van der Waals surface area (Å²) in [7, 11) is 0. The van der Waals surface area contributed by atoms with E-state index >= 15 is 0 Å². The summed E-state index contributed by atoms with van der Waals surface area (Å²) in [4.78, 5) is 0. The van der Waals surface area contributed by atoms with Crippen molar-refractivity contribution in [2.45, 2.75) is 47.0 Å². The van der Waals surface area contributed by atoms with Gasteiger partial charge in [0.2, 0.25) is 0 Å². The van der Waals surface area contributed by atoms with Crippen molar-refractivity contribution in [3.63, 3.8) is 0 Å². The highest BCUT2D eigenvalue weighted by atomic mass is 14.9. The molecule has 0 saturated heterocycles. The molecule has 1 nitrogen and oxygen atoms in total. The Labute approximate surface area is 107 Å². The molecule has 1 aromatic rings. The zero-order valence-corrected chi connectivity index (χ0v) is 11.8. The number of rotatable bonds is 7. The summed E-state index contributed by atoms with van der Waals surface area (Å²) in [6.45, 7) is 11.3. The maximum absolute atomic E-state index is 3.52. The first-order valence-electron chi connectivity index (χ1n) is 6.80. The van der Waals surface area contributed by atoms with Crippen molar-refractivity contribution in [2.24, 2.45) is 5.41 Å². The van der Waals surface area contributed by atoms with Crippen LogP contribution in [0.2, 0.25) is 0 Å². The van der Waals surface area contributed by atoms with E-state index < -0.39 is 0 Å². The minimum Gasteiger partial charge on any atom is -0.316 e. The molecule has 0 aliphatic heterocycles. The molecular formula is C16H27N. The topological polar surface area (TPSA) is 12.0 Å². The van der Waals surface area contributed by atoms with Gasteiger partial charge in [0.1, 0.15) is 0 Å². The molecule has 17 heavy (non-hydrogen) atoms. The maximum Gasteiger partial charge on any atom is 0.000263 e. The number of hydrogen-bond acceptors (Lipinski definition) is 1. The largest absolute Gasteiger partial charge is 0.316 e. The summed E-state index contributed by atoms with van der Waals surface area (Å²) >= 11 is 0. The zero-order chi connectivity index (χ0) is 12.7. The summed E-state index contributed by atoms with van der Waals surface area (Å²) in [5.74, 6) is 0. The van der Waals surface area contributed by atoms with Gasteiger partial charge < -0.3 is 5.32 Å². The minimum absolute atomic E-state index is 0.389. The number of hydrogen-bond donors (Lipinski definition) is 1. The third-order valence-corrected chi connectivity index (χ3v) is 3.24. The molecule has 0 fully saturated rings. The lowest BCUT2D eigenvalue weighted by Crippen LogP contribution is -2.30. The van der Waals surface area contributed by atoms with Gasteiger partial charge in [-0.15, -0.1) is 0 Å². The van der Waals surface area contributed by atoms with Crippen molar-refractivity contribution < 1.29 is 0 Å². The molecule has 0 amide bonds. The summed E-state index contributed by atoms with van der Waals surface area (Å²) in [5.41, 5.74) is 3.19. The van der Waals surface area contributed by atoms with Gasteiger partial charge in [-0.2, -0.15) is 0 Å². The summed E-state index contributed by atoms with van der Waals surface area (Å²) in [6.07, 6.45) is 3.64. The standard InChI is InChI=1S/C16H27N/c1-5-12-17-13-16(3,4)11-10-15-8-6-14(2)7-9-15/h6-9,17H,5,10-13H2,1-4H3. The average Bonchev–Trinajstić information content (AvgIpc) is 2.29. The van der Waals surface area contributed by atoms with Crippen LogP contribution in [-0.2, 0) is 6.42 Å². The van der Waals surface area contributed by atoms with Gasteiger partial charge in [-0.05, 0) is 43.7 Å². The lowest BCUT2D eigenvalue weighted by molar-refractivity contribution is 0.315. The molecule has 0 atom stereocenters. The molecule has 1 N–H and O–H groups in total. The van der Waals surface area contributed by atoms with Gasteiger partial charge in [0.05, 0.1) is 0 Å². The number of nitrogens with one attached hydrogen (secondary N) is 1. The predicted molar refractivity (Wildman–Crippen MR) is 76.4 cm³/mol. The van der Waals surface area contributed by atoms with Gasteiger partial charge in [0, 0.05) is 6.54 Å². The average molecular weight is 233 g/mol. The van der Waals surface area contributed by atoms with E-state index in [9.17, 15) is 0 Å². The number of aryl methyl sites for hydroxylation is 2. The van der Waals surface area contributed by atoms with Crippen LogP contribution in [0.1, 0.15) is 44.7 Å². The zero-order valence-electron chi connectivity index (χ0n) is 11.8. The van der Waals surface area contributed by atoms with Crippen LogP contribution in [0.15, 0.2) is 24.3 Å². The normalized spacial score (nSPS) is 11.8. The van der Waals surface area contributed by atoms with E-state index in [1.807, 2.05) is 0 Å². The third kappa shape index (κ3) is 5.88. The van der Waals surface area contributed by atoms with Crippen LogP contribution in [0, 0.1) is 12.3 Å². The molecule has 0 aliphatic carbocycles. The van der Waals surface area contributed by atoms with Crippen LogP contribution < -0.4 is 5.32 Å². The smallest absolute Gasteiger partial charge is 0.000263 e. The second-order valence-corrected chi connectivity index (χ2v) is 5.83. The van der Waals surface area contributed by atoms with Crippen LogP contribution in [0.5, 0.6) is 0 Å². The van der Waals surface area contributed by atoms with E-state index in [4.69, 9.17) is 0 Å². The fourth-order valence-corrected chi connectivity index (χ4v) is 1.93. The van der Waals surface area contributed by atoms with Gasteiger partial charge >= 0.3 is 0 Å². The van der Waals surface area contributed by atoms with Crippen molar-refractivity contribution >= 4 is 0 Å². The predicted octanol–water partition coefficient (Wildman–Crippen LogP) is 3.95. The quantitative estimate of drug-likeness (QED) is 0.703.